The number of carbonyl (C=O) groups excluding carboxylic acids is 1. The van der Waals surface area contributed by atoms with Gasteiger partial charge in [0.2, 0.25) is 0 Å². The number of aliphatic hydroxyl groups is 3. The Balaban J connectivity index is 2.27. The fraction of sp³-hybridized carbons (Fsp3) is 0.944. The van der Waals surface area contributed by atoms with Crippen molar-refractivity contribution in [3.05, 3.63) is 10.4 Å². The third-order valence-electron chi connectivity index (χ3n) is 4.95. The molecule has 0 spiro atoms. The molecule has 1 amide bonds. The van der Waals surface area contributed by atoms with Crippen LogP contribution in [0.5, 0.6) is 0 Å². The number of hydrogen-bond acceptors (Lipinski definition) is 6. The lowest BCUT2D eigenvalue weighted by molar-refractivity contribution is -0.154. The molecule has 9 heteroatoms. The first-order valence-corrected chi connectivity index (χ1v) is 10.0. The highest BCUT2D eigenvalue weighted by molar-refractivity contribution is 5.86. The smallest absolute Gasteiger partial charge is 0.261 e. The first kappa shape index (κ1) is 23.7. The number of hydrogen-bond donors (Lipinski definition) is 4. The van der Waals surface area contributed by atoms with Crippen molar-refractivity contribution in [3.63, 3.8) is 0 Å². The van der Waals surface area contributed by atoms with Gasteiger partial charge in [0.15, 0.2) is 0 Å². The van der Waals surface area contributed by atoms with Gasteiger partial charge in [0.05, 0.1) is 6.61 Å². The number of ether oxygens (including phenoxy) is 1. The second kappa shape index (κ2) is 12.9. The molecule has 0 saturated carbocycles. The van der Waals surface area contributed by atoms with Crippen LogP contribution in [0.4, 0.5) is 0 Å². The van der Waals surface area contributed by atoms with Crippen LogP contribution >= 0.6 is 0 Å². The van der Waals surface area contributed by atoms with Gasteiger partial charge in [-0.05, 0) is 17.1 Å². The van der Waals surface area contributed by atoms with Gasteiger partial charge in [-0.1, -0.05) is 64.7 Å². The molecule has 9 nitrogen and oxygen atoms in total. The maximum Gasteiger partial charge on any atom is 0.261 e. The zero-order valence-electron chi connectivity index (χ0n) is 16.2. The summed E-state index contributed by atoms with van der Waals surface area (Å²) >= 11 is 0. The number of nitrogens with zero attached hydrogens (tertiary/aromatic N) is 3. The monoisotopic (exact) mass is 386 g/mol. The van der Waals surface area contributed by atoms with Gasteiger partial charge >= 0.3 is 0 Å². The average molecular weight is 386 g/mol. The molecular formula is C18H34N4O5. The topological polar surface area (TPSA) is 148 Å². The Morgan fingerprint density at radius 1 is 1.11 bits per heavy atom. The Kier molecular flexibility index (Phi) is 11.3. The number of carbonyl (C=O) groups is 1. The highest BCUT2D eigenvalue weighted by Gasteiger charge is 2.58. The first-order chi connectivity index (χ1) is 13.0. The molecule has 1 saturated heterocycles. The van der Waals surface area contributed by atoms with Crippen LogP contribution in [0.2, 0.25) is 0 Å². The van der Waals surface area contributed by atoms with Gasteiger partial charge in [-0.25, -0.2) is 0 Å². The van der Waals surface area contributed by atoms with E-state index in [0.717, 1.165) is 19.3 Å². The largest absolute Gasteiger partial charge is 0.394 e. The molecule has 0 aromatic rings. The summed E-state index contributed by atoms with van der Waals surface area (Å²) in [5.41, 5.74) is 6.46. The molecule has 0 bridgehead atoms. The molecular weight excluding hydrogens is 352 g/mol. The van der Waals surface area contributed by atoms with Gasteiger partial charge in [-0.2, -0.15) is 0 Å². The van der Waals surface area contributed by atoms with E-state index < -0.39 is 36.6 Å². The SMILES string of the molecule is CCCCCCCCCCCCNC(=O)[C@]1(N=[N+]=[N-])O[C@H](CO)[C@@H](O)[C@@H]1O. The summed E-state index contributed by atoms with van der Waals surface area (Å²) in [5, 5.41) is 34.9. The van der Waals surface area contributed by atoms with Gasteiger partial charge in [-0.15, -0.1) is 0 Å². The minimum atomic E-state index is -2.25. The molecule has 0 aromatic heterocycles. The number of unbranched alkanes of at least 4 members (excludes halogenated alkanes) is 9. The third kappa shape index (κ3) is 6.93. The predicted octanol–water partition coefficient (Wildman–Crippen LogP) is 2.14. The highest BCUT2D eigenvalue weighted by atomic mass is 16.6. The van der Waals surface area contributed by atoms with Crippen LogP contribution < -0.4 is 5.32 Å². The molecule has 156 valence electrons. The fourth-order valence-corrected chi connectivity index (χ4v) is 3.27. The van der Waals surface area contributed by atoms with Gasteiger partial charge < -0.3 is 25.4 Å². The molecule has 27 heavy (non-hydrogen) atoms. The summed E-state index contributed by atoms with van der Waals surface area (Å²) in [6, 6.07) is 0. The van der Waals surface area contributed by atoms with Crippen LogP contribution in [0, 0.1) is 0 Å². The van der Waals surface area contributed by atoms with Crippen molar-refractivity contribution in [1.29, 1.82) is 0 Å². The predicted molar refractivity (Wildman–Crippen MR) is 101 cm³/mol. The lowest BCUT2D eigenvalue weighted by atomic mass is 10.0. The Morgan fingerprint density at radius 2 is 1.67 bits per heavy atom. The van der Waals surface area contributed by atoms with Gasteiger partial charge in [0, 0.05) is 11.5 Å². The van der Waals surface area contributed by atoms with E-state index in [-0.39, 0.29) is 0 Å². The minimum absolute atomic E-state index is 0.355. The normalized spacial score (nSPS) is 27.3. The molecule has 0 aromatic carbocycles. The van der Waals surface area contributed by atoms with E-state index >= 15 is 0 Å². The van der Waals surface area contributed by atoms with E-state index in [9.17, 15) is 15.0 Å². The summed E-state index contributed by atoms with van der Waals surface area (Å²) in [4.78, 5) is 14.9. The summed E-state index contributed by atoms with van der Waals surface area (Å²) in [6.07, 6.45) is 7.25. The van der Waals surface area contributed by atoms with Crippen molar-refractivity contribution in [2.24, 2.45) is 5.11 Å². The third-order valence-corrected chi connectivity index (χ3v) is 4.95. The van der Waals surface area contributed by atoms with Crippen molar-refractivity contribution < 1.29 is 24.9 Å². The lowest BCUT2D eigenvalue weighted by Gasteiger charge is -2.25. The molecule has 0 unspecified atom stereocenters. The van der Waals surface area contributed by atoms with E-state index in [1.54, 1.807) is 0 Å². The Hall–Kier alpha value is -1.38. The summed E-state index contributed by atoms with van der Waals surface area (Å²) in [5.74, 6) is -0.807. The molecule has 0 aliphatic carbocycles. The summed E-state index contributed by atoms with van der Waals surface area (Å²) in [7, 11) is 0. The molecule has 1 aliphatic heterocycles. The lowest BCUT2D eigenvalue weighted by Crippen LogP contribution is -2.53. The Labute approximate surface area is 160 Å². The standard InChI is InChI=1S/C18H34N4O5/c1-2-3-4-5-6-7-8-9-10-11-12-20-17(26)18(21-22-19)16(25)15(24)14(13-23)27-18/h14-16,23-25H,2-13H2,1H3,(H,20,26)/t14-,15-,16+,18-/m1/s1. The molecule has 1 heterocycles. The van der Waals surface area contributed by atoms with Crippen molar-refractivity contribution >= 4 is 5.91 Å². The average Bonchev–Trinajstić information content (AvgIpc) is 2.91. The first-order valence-electron chi connectivity index (χ1n) is 10.0. The van der Waals surface area contributed by atoms with Crippen LogP contribution in [0.15, 0.2) is 5.11 Å². The molecule has 0 radical (unpaired) electrons. The number of rotatable bonds is 14. The van der Waals surface area contributed by atoms with Crippen molar-refractivity contribution in [1.82, 2.24) is 5.32 Å². The molecule has 4 atom stereocenters. The number of amides is 1. The van der Waals surface area contributed by atoms with E-state index in [4.69, 9.17) is 15.4 Å². The van der Waals surface area contributed by atoms with Crippen LogP contribution in [-0.4, -0.2) is 58.4 Å². The Bertz CT molecular complexity index is 486. The summed E-state index contributed by atoms with van der Waals surface area (Å²) < 4.78 is 5.19. The second-order valence-corrected chi connectivity index (χ2v) is 7.10. The maximum absolute atomic E-state index is 12.4. The van der Waals surface area contributed by atoms with E-state index in [1.165, 1.54) is 44.9 Å². The maximum atomic E-state index is 12.4. The van der Waals surface area contributed by atoms with Gasteiger partial charge in [-0.3, -0.25) is 4.79 Å². The quantitative estimate of drug-likeness (QED) is 0.156. The van der Waals surface area contributed by atoms with E-state index in [0.29, 0.717) is 6.54 Å². The molecule has 4 N–H and O–H groups in total. The van der Waals surface area contributed by atoms with E-state index in [2.05, 4.69) is 22.3 Å². The van der Waals surface area contributed by atoms with Crippen molar-refractivity contribution in [3.8, 4) is 0 Å². The van der Waals surface area contributed by atoms with Gasteiger partial charge in [0.25, 0.3) is 11.6 Å². The van der Waals surface area contributed by atoms with Crippen molar-refractivity contribution in [2.75, 3.05) is 13.2 Å². The van der Waals surface area contributed by atoms with Crippen LogP contribution in [0.3, 0.4) is 0 Å². The Morgan fingerprint density at radius 3 is 2.15 bits per heavy atom. The summed E-state index contributed by atoms with van der Waals surface area (Å²) in [6.45, 7) is 1.96. The number of aliphatic hydroxyl groups excluding tert-OH is 3. The number of nitrogens with one attached hydrogen (secondary N) is 1. The zero-order valence-corrected chi connectivity index (χ0v) is 16.2. The van der Waals surface area contributed by atoms with Crippen LogP contribution in [0.1, 0.15) is 71.1 Å². The molecule has 1 aliphatic rings. The fourth-order valence-electron chi connectivity index (χ4n) is 3.27. The van der Waals surface area contributed by atoms with Crippen molar-refractivity contribution in [2.45, 2.75) is 95.2 Å². The number of azide groups is 1. The van der Waals surface area contributed by atoms with Crippen LogP contribution in [0.25, 0.3) is 10.4 Å². The minimum Gasteiger partial charge on any atom is -0.394 e. The zero-order chi connectivity index (χ0) is 20.1. The molecule has 1 fully saturated rings. The molecule has 1 rings (SSSR count). The van der Waals surface area contributed by atoms with E-state index in [1.807, 2.05) is 0 Å². The highest BCUT2D eigenvalue weighted by Crippen LogP contribution is 2.33. The van der Waals surface area contributed by atoms with Gasteiger partial charge in [0.1, 0.15) is 18.3 Å². The second-order valence-electron chi connectivity index (χ2n) is 7.10. The van der Waals surface area contributed by atoms with Crippen LogP contribution in [-0.2, 0) is 9.53 Å².